The minimum atomic E-state index is -6.13. The minimum Gasteiger partial charge on any atom is -0.465 e. The number of alkyl halides is 24. The van der Waals surface area contributed by atoms with E-state index >= 15 is 0 Å². The van der Waals surface area contributed by atoms with Crippen molar-refractivity contribution < 1.29 is 124 Å². The number of para-hydroxylation sites is 1. The maximum absolute atomic E-state index is 14.2. The molecule has 0 atom stereocenters. The second kappa shape index (κ2) is 21.1. The van der Waals surface area contributed by atoms with Crippen LogP contribution in [0.25, 0.3) is 10.2 Å². The summed E-state index contributed by atoms with van der Waals surface area (Å²) in [6.45, 7) is 0.279. The van der Waals surface area contributed by atoms with Crippen LogP contribution in [-0.2, 0) is 60.7 Å². The zero-order valence-corrected chi connectivity index (χ0v) is 39.4. The van der Waals surface area contributed by atoms with Crippen molar-refractivity contribution >= 4 is 61.3 Å². The molecule has 0 aliphatic heterocycles. The fraction of sp³-hybridized carbons (Fsp3) is 0.204. The molecule has 0 N–H and O–H groups in total. The van der Waals surface area contributed by atoms with Gasteiger partial charge in [0.25, 0.3) is 0 Å². The average molecular weight is 1180 g/mol. The van der Waals surface area contributed by atoms with Crippen molar-refractivity contribution in [2.45, 2.75) is 56.0 Å². The first kappa shape index (κ1) is 61.0. The second-order valence-corrected chi connectivity index (χ2v) is 17.9. The number of Topliss-reactive ketones (excluding diaryl/α,β-unsaturated/α-hetero) is 1. The first-order valence-corrected chi connectivity index (χ1v) is 22.3. The van der Waals surface area contributed by atoms with E-state index in [2.05, 4.69) is 4.74 Å². The third-order valence-corrected chi connectivity index (χ3v) is 12.8. The number of fused-ring (bicyclic) bond motifs is 1. The maximum Gasteiger partial charge on any atom is 0.416 e. The molecule has 7 aromatic rings. The van der Waals surface area contributed by atoms with Crippen molar-refractivity contribution in [1.29, 1.82) is 0 Å². The van der Waals surface area contributed by atoms with Gasteiger partial charge in [0, 0.05) is 11.6 Å². The van der Waals surface area contributed by atoms with Gasteiger partial charge in [-0.25, -0.2) is 4.79 Å². The van der Waals surface area contributed by atoms with Crippen molar-refractivity contribution in [3.63, 3.8) is 0 Å². The Balaban J connectivity index is 0.000000378. The minimum absolute atomic E-state index is 0.00460. The molecule has 422 valence electrons. The zero-order chi connectivity index (χ0) is 59.4. The first-order chi connectivity index (χ1) is 35.9. The van der Waals surface area contributed by atoms with Gasteiger partial charge in [-0.15, -0.1) is 0 Å². The highest BCUT2D eigenvalue weighted by Gasteiger charge is 2.47. The maximum atomic E-state index is 14.2. The summed E-state index contributed by atoms with van der Waals surface area (Å²) in [6, 6.07) is 5.69. The number of esters is 1. The van der Waals surface area contributed by atoms with Crippen LogP contribution in [0.4, 0.5) is 105 Å². The summed E-state index contributed by atoms with van der Waals surface area (Å²) < 4.78 is 349. The molecule has 0 radical (unpaired) electrons. The van der Waals surface area contributed by atoms with E-state index in [0.717, 1.165) is 10.2 Å². The Morgan fingerprint density at radius 3 is 0.937 bits per heavy atom. The van der Waals surface area contributed by atoms with E-state index in [0.29, 0.717) is 11.1 Å². The number of hydrogen-bond donors (Lipinski definition) is 0. The Labute approximate surface area is 430 Å². The quantitative estimate of drug-likeness (QED) is 0.0501. The summed E-state index contributed by atoms with van der Waals surface area (Å²) in [7, 11) is 1.33. The van der Waals surface area contributed by atoms with E-state index in [-0.39, 0.29) is 12.3 Å². The number of benzene rings is 6. The molecule has 4 nitrogen and oxygen atoms in total. The molecule has 0 unspecified atom stereocenters. The topological polar surface area (TPSA) is 47.3 Å². The normalized spacial score (nSPS) is 13.3. The van der Waals surface area contributed by atoms with Crippen molar-refractivity contribution in [2.24, 2.45) is 0 Å². The zero-order valence-electron chi connectivity index (χ0n) is 38.6. The number of rotatable bonds is 8. The molecule has 30 heteroatoms. The summed E-state index contributed by atoms with van der Waals surface area (Å²) in [4.78, 5) is 23.8. The van der Waals surface area contributed by atoms with E-state index in [1.165, 1.54) is 7.11 Å². The van der Waals surface area contributed by atoms with Gasteiger partial charge in [0.1, 0.15) is 10.8 Å². The van der Waals surface area contributed by atoms with Gasteiger partial charge in [0.05, 0.1) is 57.2 Å². The fourth-order valence-corrected chi connectivity index (χ4v) is 9.21. The molecule has 0 saturated carbocycles. The first-order valence-electron chi connectivity index (χ1n) is 21.4. The number of ether oxygens (including phenoxy) is 1. The Morgan fingerprint density at radius 1 is 0.405 bits per heavy atom. The molecular formula is C49H26BF24NO3S. The Morgan fingerprint density at radius 2 is 0.671 bits per heavy atom. The smallest absolute Gasteiger partial charge is 0.416 e. The SMILES string of the molecule is COC(=O)c1ccc(C(=O)C[n+]2csc3ccccc32)cc1.FC(F)(F)c1cc([B-](c2cc(C(F)(F)F)cc(C(F)(F)F)c2)(c2cc(C(F)(F)F)cc(C(F)(F)F)c2)c2cc(C(F)(F)F)cc(C(F)(F)F)c2)cc(C(F)(F)F)c1. The summed E-state index contributed by atoms with van der Waals surface area (Å²) >= 11 is 1.61. The Hall–Kier alpha value is -7.27. The highest BCUT2D eigenvalue weighted by atomic mass is 32.1. The molecule has 0 saturated heterocycles. The van der Waals surface area contributed by atoms with E-state index < -0.39 is 201 Å². The highest BCUT2D eigenvalue weighted by molar-refractivity contribution is 7.20. The van der Waals surface area contributed by atoms with E-state index in [9.17, 15) is 115 Å². The number of carbonyl (C=O) groups excluding carboxylic acids is 2. The molecular weight excluding hydrogens is 1150 g/mol. The summed E-state index contributed by atoms with van der Waals surface area (Å²) in [5.41, 5.74) is -26.2. The number of methoxy groups -OCH3 is 1. The molecule has 6 aromatic carbocycles. The fourth-order valence-electron chi connectivity index (χ4n) is 8.32. The standard InChI is InChI=1S/C32H12BF24.C17H14NO3S/c34-25(35,36)13-1-14(26(37,38)39)6-21(5-13)33(22-7-15(27(40,41)42)2-16(8-22)28(43,44)45,23-9-17(29(46,47)48)3-18(10-23)30(49,50)51)24-11-19(31(52,53)54)4-20(12-24)32(55,56)57;1-21-17(20)13-8-6-12(7-9-13)15(19)10-18-11-22-16-5-3-2-4-14(16)18/h1-12H;2-9,11H,10H2,1H3/q-1;+1. The molecule has 0 bridgehead atoms. The van der Waals surface area contributed by atoms with Crippen LogP contribution in [0.15, 0.2) is 127 Å². The van der Waals surface area contributed by atoms with Crippen molar-refractivity contribution in [3.8, 4) is 0 Å². The number of thiazole rings is 1. The molecule has 0 aliphatic carbocycles. The van der Waals surface area contributed by atoms with Crippen LogP contribution in [0.5, 0.6) is 0 Å². The summed E-state index contributed by atoms with van der Waals surface area (Å²) in [6.07, 6.45) is -54.8. The number of aromatic nitrogens is 1. The van der Waals surface area contributed by atoms with Crippen LogP contribution in [0.3, 0.4) is 0 Å². The predicted molar refractivity (Wildman–Crippen MR) is 234 cm³/mol. The lowest BCUT2D eigenvalue weighted by Gasteiger charge is -2.46. The molecule has 0 fully saturated rings. The molecule has 0 amide bonds. The van der Waals surface area contributed by atoms with Gasteiger partial charge >= 0.3 is 55.4 Å². The van der Waals surface area contributed by atoms with Crippen molar-refractivity contribution in [3.05, 3.63) is 182 Å². The van der Waals surface area contributed by atoms with Gasteiger partial charge in [-0.2, -0.15) is 132 Å². The highest BCUT2D eigenvalue weighted by Crippen LogP contribution is 2.41. The predicted octanol–water partition coefficient (Wildman–Crippen LogP) is 14.1. The van der Waals surface area contributed by atoms with Crippen LogP contribution in [0, 0.1) is 0 Å². The second-order valence-electron chi connectivity index (χ2n) is 17.0. The van der Waals surface area contributed by atoms with Crippen molar-refractivity contribution in [2.75, 3.05) is 7.11 Å². The summed E-state index contributed by atoms with van der Waals surface area (Å²) in [5, 5.41) is 0. The van der Waals surface area contributed by atoms with Crippen molar-refractivity contribution in [1.82, 2.24) is 0 Å². The molecule has 7 rings (SSSR count). The molecule has 79 heavy (non-hydrogen) atoms. The molecule has 1 aromatic heterocycles. The van der Waals surface area contributed by atoms with Gasteiger partial charge in [0.2, 0.25) is 23.4 Å². The van der Waals surface area contributed by atoms with E-state index in [1.807, 2.05) is 34.3 Å². The monoisotopic (exact) mass is 1180 g/mol. The van der Waals surface area contributed by atoms with Crippen LogP contribution in [0.1, 0.15) is 65.2 Å². The lowest BCUT2D eigenvalue weighted by molar-refractivity contribution is -0.652. The van der Waals surface area contributed by atoms with E-state index in [1.54, 1.807) is 35.6 Å². The molecule has 0 spiro atoms. The molecule has 1 heterocycles. The van der Waals surface area contributed by atoms with Crippen LogP contribution in [-0.4, -0.2) is 25.0 Å². The largest absolute Gasteiger partial charge is 0.465 e. The van der Waals surface area contributed by atoms with Gasteiger partial charge in [-0.3, -0.25) is 4.79 Å². The molecule has 0 aliphatic rings. The number of hydrogen-bond acceptors (Lipinski definition) is 4. The number of ketones is 1. The van der Waals surface area contributed by atoms with Gasteiger partial charge in [-0.1, -0.05) is 84.1 Å². The third kappa shape index (κ3) is 13.6. The Kier molecular flexibility index (Phi) is 16.3. The van der Waals surface area contributed by atoms with Gasteiger partial charge in [-0.05, 0) is 42.5 Å². The summed E-state index contributed by atoms with van der Waals surface area (Å²) in [5.74, 6) is -0.401. The van der Waals surface area contributed by atoms with Crippen LogP contribution in [0.2, 0.25) is 0 Å². The average Bonchev–Trinajstić information content (AvgIpc) is 3.92. The number of nitrogens with zero attached hydrogens (tertiary/aromatic N) is 1. The lowest BCUT2D eigenvalue weighted by atomic mass is 9.12. The van der Waals surface area contributed by atoms with Crippen LogP contribution < -0.4 is 26.4 Å². The third-order valence-electron chi connectivity index (χ3n) is 11.9. The number of halogens is 24. The van der Waals surface area contributed by atoms with Crippen LogP contribution >= 0.6 is 11.3 Å². The lowest BCUT2D eigenvalue weighted by Crippen LogP contribution is -2.75. The Bertz CT molecular complexity index is 2960. The van der Waals surface area contributed by atoms with E-state index in [4.69, 9.17) is 0 Å². The number of carbonyl (C=O) groups is 2. The van der Waals surface area contributed by atoms with Gasteiger partial charge in [0.15, 0.2) is 0 Å². The van der Waals surface area contributed by atoms with Gasteiger partial charge < -0.3 is 4.74 Å².